The van der Waals surface area contributed by atoms with Gasteiger partial charge in [-0.15, -0.1) is 0 Å². The van der Waals surface area contributed by atoms with Crippen LogP contribution in [0.2, 0.25) is 0 Å². The lowest BCUT2D eigenvalue weighted by Crippen LogP contribution is -2.29. The third-order valence-electron chi connectivity index (χ3n) is 7.93. The summed E-state index contributed by atoms with van der Waals surface area (Å²) < 4.78 is 19.9. The highest BCUT2D eigenvalue weighted by molar-refractivity contribution is 5.82. The lowest BCUT2D eigenvalue weighted by atomic mass is 10.0. The standard InChI is InChI=1S/C33H33FN6O/c1-20-28(15-22-3-7-26(34)8-4-22)33(39-32(36-20)18-35-27-9-10-27)40-13-14-41-31-12-6-23(16-25(31)19-40)24-5-11-29-30(17-24)38-21(2)37-29/h3-8,11-12,16-17,27,35H,9-10,13-15,18-19H2,1-2H3,(H,37,38). The van der Waals surface area contributed by atoms with E-state index in [-0.39, 0.29) is 5.82 Å². The molecule has 1 saturated carbocycles. The summed E-state index contributed by atoms with van der Waals surface area (Å²) in [5, 5.41) is 3.56. The number of benzene rings is 3. The van der Waals surface area contributed by atoms with E-state index >= 15 is 0 Å². The van der Waals surface area contributed by atoms with E-state index in [1.54, 1.807) is 0 Å². The van der Waals surface area contributed by atoms with Gasteiger partial charge in [0.2, 0.25) is 0 Å². The Morgan fingerprint density at radius 1 is 0.976 bits per heavy atom. The van der Waals surface area contributed by atoms with Gasteiger partial charge in [-0.05, 0) is 79.8 Å². The summed E-state index contributed by atoms with van der Waals surface area (Å²) in [7, 11) is 0. The van der Waals surface area contributed by atoms with Gasteiger partial charge in [-0.1, -0.05) is 24.3 Å². The van der Waals surface area contributed by atoms with Crippen molar-refractivity contribution >= 4 is 16.9 Å². The number of aromatic amines is 1. The maximum atomic E-state index is 13.6. The van der Waals surface area contributed by atoms with E-state index in [2.05, 4.69) is 63.5 Å². The summed E-state index contributed by atoms with van der Waals surface area (Å²) in [6.07, 6.45) is 3.06. The fraction of sp³-hybridized carbons (Fsp3) is 0.303. The summed E-state index contributed by atoms with van der Waals surface area (Å²) in [5.74, 6) is 3.30. The average Bonchev–Trinajstić information content (AvgIpc) is 3.75. The molecule has 3 aromatic carbocycles. The van der Waals surface area contributed by atoms with Gasteiger partial charge in [0.15, 0.2) is 0 Å². The van der Waals surface area contributed by atoms with Crippen LogP contribution in [-0.2, 0) is 19.5 Å². The number of rotatable bonds is 7. The molecule has 7 nitrogen and oxygen atoms in total. The number of nitrogens with zero attached hydrogens (tertiary/aromatic N) is 4. The SMILES string of the molecule is Cc1nc2ccc(-c3ccc4c(c3)CN(c3nc(CNC5CC5)nc(C)c3Cc3ccc(F)cc3)CCO4)cc2[nH]1. The van der Waals surface area contributed by atoms with Crippen molar-refractivity contribution in [3.05, 3.63) is 101 Å². The number of anilines is 1. The molecule has 1 aliphatic heterocycles. The van der Waals surface area contributed by atoms with Crippen LogP contribution in [0.1, 0.15) is 46.9 Å². The van der Waals surface area contributed by atoms with Crippen molar-refractivity contribution in [2.45, 2.75) is 52.2 Å². The van der Waals surface area contributed by atoms with Gasteiger partial charge in [-0.3, -0.25) is 0 Å². The molecule has 41 heavy (non-hydrogen) atoms. The number of nitrogens with one attached hydrogen (secondary N) is 2. The first-order valence-corrected chi connectivity index (χ1v) is 14.3. The molecule has 8 heteroatoms. The highest BCUT2D eigenvalue weighted by Crippen LogP contribution is 2.33. The normalized spacial score (nSPS) is 15.0. The lowest BCUT2D eigenvalue weighted by molar-refractivity contribution is 0.331. The van der Waals surface area contributed by atoms with Crippen molar-refractivity contribution in [1.29, 1.82) is 0 Å². The molecule has 0 amide bonds. The first kappa shape index (κ1) is 25.7. The summed E-state index contributed by atoms with van der Waals surface area (Å²) in [4.78, 5) is 20.2. The second kappa shape index (κ2) is 10.6. The van der Waals surface area contributed by atoms with Crippen LogP contribution in [0, 0.1) is 19.7 Å². The van der Waals surface area contributed by atoms with Gasteiger partial charge in [0.1, 0.15) is 35.6 Å². The Hall–Kier alpha value is -4.30. The van der Waals surface area contributed by atoms with Crippen molar-refractivity contribution in [3.8, 4) is 16.9 Å². The molecule has 1 aliphatic carbocycles. The van der Waals surface area contributed by atoms with Crippen molar-refractivity contribution in [2.24, 2.45) is 0 Å². The van der Waals surface area contributed by atoms with E-state index in [0.717, 1.165) is 67.8 Å². The number of ether oxygens (including phenoxy) is 1. The fourth-order valence-corrected chi connectivity index (χ4v) is 5.59. The van der Waals surface area contributed by atoms with E-state index < -0.39 is 0 Å². The highest BCUT2D eigenvalue weighted by Gasteiger charge is 2.24. The zero-order chi connectivity index (χ0) is 27.9. The molecule has 2 aromatic heterocycles. The van der Waals surface area contributed by atoms with Gasteiger partial charge >= 0.3 is 0 Å². The lowest BCUT2D eigenvalue weighted by Gasteiger charge is -2.25. The molecule has 0 atom stereocenters. The smallest absolute Gasteiger partial charge is 0.144 e. The minimum Gasteiger partial charge on any atom is -0.491 e. The second-order valence-corrected chi connectivity index (χ2v) is 11.1. The van der Waals surface area contributed by atoms with Gasteiger partial charge in [-0.2, -0.15) is 0 Å². The number of aryl methyl sites for hydroxylation is 2. The van der Waals surface area contributed by atoms with Crippen LogP contribution in [0.25, 0.3) is 22.2 Å². The number of imidazole rings is 1. The number of aromatic nitrogens is 4. The Labute approximate surface area is 238 Å². The van der Waals surface area contributed by atoms with Gasteiger partial charge in [0.25, 0.3) is 0 Å². The largest absolute Gasteiger partial charge is 0.491 e. The number of halogens is 1. The van der Waals surface area contributed by atoms with Crippen LogP contribution in [0.15, 0.2) is 60.7 Å². The first-order valence-electron chi connectivity index (χ1n) is 14.3. The topological polar surface area (TPSA) is 79.0 Å². The molecule has 1 fully saturated rings. The van der Waals surface area contributed by atoms with Crippen LogP contribution in [-0.4, -0.2) is 39.1 Å². The molecule has 5 aromatic rings. The monoisotopic (exact) mass is 548 g/mol. The Bertz CT molecular complexity index is 1730. The Morgan fingerprint density at radius 2 is 1.78 bits per heavy atom. The van der Waals surface area contributed by atoms with Crippen molar-refractivity contribution < 1.29 is 9.13 Å². The minimum atomic E-state index is -0.234. The molecule has 0 spiro atoms. The van der Waals surface area contributed by atoms with Crippen molar-refractivity contribution in [1.82, 2.24) is 25.3 Å². The molecule has 0 unspecified atom stereocenters. The summed E-state index contributed by atoms with van der Waals surface area (Å²) in [6.45, 7) is 6.60. The minimum absolute atomic E-state index is 0.234. The summed E-state index contributed by atoms with van der Waals surface area (Å²) in [6, 6.07) is 20.0. The van der Waals surface area contributed by atoms with Crippen LogP contribution in [0.4, 0.5) is 10.2 Å². The molecule has 2 aliphatic rings. The maximum Gasteiger partial charge on any atom is 0.144 e. The molecule has 0 radical (unpaired) electrons. The quantitative estimate of drug-likeness (QED) is 0.259. The van der Waals surface area contributed by atoms with Crippen molar-refractivity contribution in [2.75, 3.05) is 18.1 Å². The van der Waals surface area contributed by atoms with Crippen LogP contribution < -0.4 is 15.0 Å². The number of H-pyrrole nitrogens is 1. The van der Waals surface area contributed by atoms with Gasteiger partial charge in [0.05, 0.1) is 24.1 Å². The van der Waals surface area contributed by atoms with E-state index in [1.165, 1.54) is 25.0 Å². The van der Waals surface area contributed by atoms with Gasteiger partial charge in [-0.25, -0.2) is 19.3 Å². The Kier molecular flexibility index (Phi) is 6.63. The Balaban J connectivity index is 1.24. The third-order valence-corrected chi connectivity index (χ3v) is 7.93. The molecule has 7 rings (SSSR count). The van der Waals surface area contributed by atoms with E-state index in [9.17, 15) is 4.39 Å². The highest BCUT2D eigenvalue weighted by atomic mass is 19.1. The molecular weight excluding hydrogens is 515 g/mol. The van der Waals surface area contributed by atoms with E-state index in [1.807, 2.05) is 19.1 Å². The maximum absolute atomic E-state index is 13.6. The zero-order valence-electron chi connectivity index (χ0n) is 23.4. The number of hydrogen-bond donors (Lipinski definition) is 2. The molecule has 3 heterocycles. The fourth-order valence-electron chi connectivity index (χ4n) is 5.59. The van der Waals surface area contributed by atoms with Gasteiger partial charge in [0, 0.05) is 35.8 Å². The van der Waals surface area contributed by atoms with Crippen LogP contribution in [0.3, 0.4) is 0 Å². The predicted octanol–water partition coefficient (Wildman–Crippen LogP) is 6.02. The van der Waals surface area contributed by atoms with E-state index in [0.29, 0.717) is 38.7 Å². The first-order chi connectivity index (χ1) is 20.0. The Morgan fingerprint density at radius 3 is 2.61 bits per heavy atom. The summed E-state index contributed by atoms with van der Waals surface area (Å²) in [5.41, 5.74) is 8.41. The zero-order valence-corrected chi connectivity index (χ0v) is 23.4. The average molecular weight is 549 g/mol. The molecule has 208 valence electrons. The second-order valence-electron chi connectivity index (χ2n) is 11.1. The van der Waals surface area contributed by atoms with Crippen LogP contribution >= 0.6 is 0 Å². The van der Waals surface area contributed by atoms with Gasteiger partial charge < -0.3 is 19.9 Å². The molecule has 0 saturated heterocycles. The van der Waals surface area contributed by atoms with E-state index in [4.69, 9.17) is 14.7 Å². The molecule has 2 N–H and O–H groups in total. The molecular formula is C33H33FN6O. The molecule has 0 bridgehead atoms. The number of hydrogen-bond acceptors (Lipinski definition) is 6. The number of fused-ring (bicyclic) bond motifs is 2. The predicted molar refractivity (Wildman–Crippen MR) is 159 cm³/mol. The van der Waals surface area contributed by atoms with Crippen LogP contribution in [0.5, 0.6) is 5.75 Å². The van der Waals surface area contributed by atoms with Crippen molar-refractivity contribution in [3.63, 3.8) is 0 Å². The third kappa shape index (κ3) is 5.52. The summed E-state index contributed by atoms with van der Waals surface area (Å²) >= 11 is 0.